The molecule has 26 heavy (non-hydrogen) atoms. The largest absolute Gasteiger partial charge is 0.461 e. The van der Waals surface area contributed by atoms with E-state index in [0.717, 1.165) is 12.1 Å². The Morgan fingerprint density at radius 2 is 2.27 bits per heavy atom. The smallest absolute Gasteiger partial charge is 0.267 e. The molecule has 1 aromatic rings. The first-order valence-corrected chi connectivity index (χ1v) is 8.95. The van der Waals surface area contributed by atoms with E-state index in [-0.39, 0.29) is 22.0 Å². The number of hydrogen-bond donors (Lipinski definition) is 1. The van der Waals surface area contributed by atoms with Gasteiger partial charge in [0.05, 0.1) is 32.0 Å². The fourth-order valence-electron chi connectivity index (χ4n) is 2.60. The van der Waals surface area contributed by atoms with Gasteiger partial charge in [-0.25, -0.2) is 21.8 Å². The molecule has 1 aromatic carbocycles. The molecule has 0 saturated heterocycles. The van der Waals surface area contributed by atoms with E-state index in [9.17, 15) is 26.9 Å². The lowest BCUT2D eigenvalue weighted by atomic mass is 10.0. The van der Waals surface area contributed by atoms with Crippen LogP contribution in [-0.4, -0.2) is 21.7 Å². The summed E-state index contributed by atoms with van der Waals surface area (Å²) in [7, 11) is -3.34. The van der Waals surface area contributed by atoms with Crippen LogP contribution in [0.2, 0.25) is 0 Å². The lowest BCUT2D eigenvalue weighted by molar-refractivity contribution is 0.137. The molecule has 2 unspecified atom stereocenters. The third-order valence-corrected chi connectivity index (χ3v) is 5.75. The summed E-state index contributed by atoms with van der Waals surface area (Å²) < 4.78 is 73.6. The van der Waals surface area contributed by atoms with E-state index >= 15 is 0 Å². The average Bonchev–Trinajstić information content (AvgIpc) is 2.78. The molecular formula is C16H14F4N2O3S. The number of allylic oxidation sites excluding steroid dienone is 4. The summed E-state index contributed by atoms with van der Waals surface area (Å²) in [5.41, 5.74) is -1.02. The highest BCUT2D eigenvalue weighted by atomic mass is 32.2. The Kier molecular flexibility index (Phi) is 6.05. The van der Waals surface area contributed by atoms with Crippen molar-refractivity contribution in [1.82, 2.24) is 0 Å². The topological polar surface area (TPSA) is 82.7 Å². The molecule has 0 bridgehead atoms. The second-order valence-corrected chi connectivity index (χ2v) is 7.54. The zero-order chi connectivity index (χ0) is 19.5. The molecule has 0 aromatic heterocycles. The molecule has 0 amide bonds. The van der Waals surface area contributed by atoms with Crippen molar-refractivity contribution in [2.75, 3.05) is 12.4 Å². The zero-order valence-corrected chi connectivity index (χ0v) is 14.3. The normalized spacial score (nSPS) is 22.9. The molecule has 2 atom stereocenters. The van der Waals surface area contributed by atoms with Gasteiger partial charge >= 0.3 is 0 Å². The van der Waals surface area contributed by atoms with E-state index in [1.807, 2.05) is 0 Å². The zero-order valence-electron chi connectivity index (χ0n) is 13.5. The van der Waals surface area contributed by atoms with Gasteiger partial charge in [-0.05, 0) is 25.1 Å². The van der Waals surface area contributed by atoms with Gasteiger partial charge in [-0.1, -0.05) is 0 Å². The third-order valence-electron chi connectivity index (χ3n) is 3.56. The minimum absolute atomic E-state index is 0.135. The molecule has 1 heterocycles. The molecule has 1 N–H and O–H groups in total. The van der Waals surface area contributed by atoms with Gasteiger partial charge < -0.3 is 9.84 Å². The number of rotatable bonds is 5. The van der Waals surface area contributed by atoms with Gasteiger partial charge in [0.25, 0.3) is 6.43 Å². The van der Waals surface area contributed by atoms with E-state index in [0.29, 0.717) is 6.08 Å². The van der Waals surface area contributed by atoms with E-state index in [1.165, 1.54) is 19.2 Å². The monoisotopic (exact) mass is 390 g/mol. The lowest BCUT2D eigenvalue weighted by Gasteiger charge is -2.16. The minimum Gasteiger partial charge on any atom is -0.461 e. The highest BCUT2D eigenvalue weighted by Gasteiger charge is 2.38. The SMILES string of the molecule is C/C(=C\C(F)=C/CF)Oc1ccc2c(c1C(F)F)C(O)CS2(=O)=NC#N. The van der Waals surface area contributed by atoms with Crippen LogP contribution in [0.1, 0.15) is 30.6 Å². The number of ether oxygens (including phenoxy) is 1. The fourth-order valence-corrected chi connectivity index (χ4v) is 4.55. The predicted molar refractivity (Wildman–Crippen MR) is 85.2 cm³/mol. The Hall–Kier alpha value is -2.38. The molecule has 1 aliphatic rings. The van der Waals surface area contributed by atoms with Crippen molar-refractivity contribution in [1.29, 1.82) is 5.26 Å². The van der Waals surface area contributed by atoms with E-state index in [2.05, 4.69) is 4.36 Å². The Balaban J connectivity index is 2.58. The Labute approximate surface area is 147 Å². The van der Waals surface area contributed by atoms with Crippen LogP contribution in [0.15, 0.2) is 45.1 Å². The first-order valence-electron chi connectivity index (χ1n) is 7.27. The Morgan fingerprint density at radius 3 is 2.85 bits per heavy atom. The molecule has 10 heteroatoms. The number of aliphatic hydroxyl groups excluding tert-OH is 1. The highest BCUT2D eigenvalue weighted by Crippen LogP contribution is 2.45. The standard InChI is InChI=1S/C16H14F4N2O3S/c1-9(6-10(18)4-5-17)25-12-2-3-13-14(15(12)16(19)20)11(23)7-26(13,24)22-8-21/h2-4,6,11,16,23H,5,7H2,1H3/b9-6+,10-4+. The van der Waals surface area contributed by atoms with Crippen LogP contribution in [0.5, 0.6) is 5.75 Å². The second kappa shape index (κ2) is 7.88. The van der Waals surface area contributed by atoms with Crippen LogP contribution in [0.25, 0.3) is 0 Å². The quantitative estimate of drug-likeness (QED) is 0.355. The summed E-state index contributed by atoms with van der Waals surface area (Å²) >= 11 is 0. The number of alkyl halides is 3. The van der Waals surface area contributed by atoms with Crippen molar-refractivity contribution in [3.05, 3.63) is 47.0 Å². The fraction of sp³-hybridized carbons (Fsp3) is 0.312. The summed E-state index contributed by atoms with van der Waals surface area (Å²) in [5.74, 6) is -1.94. The Bertz CT molecular complexity index is 928. The maximum atomic E-state index is 13.6. The van der Waals surface area contributed by atoms with Gasteiger partial charge in [0.1, 0.15) is 24.0 Å². The van der Waals surface area contributed by atoms with Crippen molar-refractivity contribution in [3.8, 4) is 11.9 Å². The van der Waals surface area contributed by atoms with Crippen LogP contribution in [0.4, 0.5) is 17.6 Å². The molecule has 140 valence electrons. The number of hydrogen-bond acceptors (Lipinski definition) is 5. The highest BCUT2D eigenvalue weighted by molar-refractivity contribution is 7.94. The molecule has 0 saturated carbocycles. The molecule has 0 aliphatic carbocycles. The Morgan fingerprint density at radius 1 is 1.58 bits per heavy atom. The van der Waals surface area contributed by atoms with E-state index < -0.39 is 46.1 Å². The molecule has 0 fully saturated rings. The van der Waals surface area contributed by atoms with Crippen molar-refractivity contribution in [3.63, 3.8) is 0 Å². The van der Waals surface area contributed by atoms with Crippen molar-refractivity contribution in [2.24, 2.45) is 4.36 Å². The molecule has 2 rings (SSSR count). The molecule has 5 nitrogen and oxygen atoms in total. The van der Waals surface area contributed by atoms with Gasteiger partial charge in [-0.15, -0.1) is 4.36 Å². The van der Waals surface area contributed by atoms with Gasteiger partial charge in [0.15, 0.2) is 0 Å². The number of benzene rings is 1. The van der Waals surface area contributed by atoms with Crippen LogP contribution in [0, 0.1) is 11.5 Å². The number of nitriles is 1. The maximum Gasteiger partial charge on any atom is 0.267 e. The first kappa shape index (κ1) is 19.9. The predicted octanol–water partition coefficient (Wildman–Crippen LogP) is 4.08. The summed E-state index contributed by atoms with van der Waals surface area (Å²) in [6.07, 6.45) is -1.80. The second-order valence-electron chi connectivity index (χ2n) is 5.30. The summed E-state index contributed by atoms with van der Waals surface area (Å²) in [6, 6.07) is 2.26. The summed E-state index contributed by atoms with van der Waals surface area (Å²) in [6.45, 7) is 0.235. The van der Waals surface area contributed by atoms with Gasteiger partial charge in [0.2, 0.25) is 6.19 Å². The van der Waals surface area contributed by atoms with Crippen LogP contribution >= 0.6 is 0 Å². The van der Waals surface area contributed by atoms with Crippen molar-refractivity contribution in [2.45, 2.75) is 24.3 Å². The first-order chi connectivity index (χ1) is 12.2. The molecule has 0 spiro atoms. The minimum atomic E-state index is -3.34. The van der Waals surface area contributed by atoms with Crippen molar-refractivity contribution >= 4 is 9.73 Å². The van der Waals surface area contributed by atoms with Crippen LogP contribution < -0.4 is 4.74 Å². The average molecular weight is 390 g/mol. The van der Waals surface area contributed by atoms with E-state index in [1.54, 1.807) is 0 Å². The number of nitrogens with zero attached hydrogens (tertiary/aromatic N) is 2. The summed E-state index contributed by atoms with van der Waals surface area (Å²) in [4.78, 5) is -0.153. The van der Waals surface area contributed by atoms with Crippen LogP contribution in [-0.2, 0) is 9.73 Å². The van der Waals surface area contributed by atoms with Crippen molar-refractivity contribution < 1.29 is 31.6 Å². The lowest BCUT2D eigenvalue weighted by Crippen LogP contribution is -2.04. The van der Waals surface area contributed by atoms with Gasteiger partial charge in [-0.2, -0.15) is 5.26 Å². The molecular weight excluding hydrogens is 376 g/mol. The number of halogens is 4. The van der Waals surface area contributed by atoms with Crippen LogP contribution in [0.3, 0.4) is 0 Å². The van der Waals surface area contributed by atoms with E-state index in [4.69, 9.17) is 10.00 Å². The number of aliphatic hydroxyl groups is 1. The maximum absolute atomic E-state index is 13.6. The van der Waals surface area contributed by atoms with Gasteiger partial charge in [0, 0.05) is 11.6 Å². The summed E-state index contributed by atoms with van der Waals surface area (Å²) in [5, 5.41) is 18.7. The molecule has 0 radical (unpaired) electrons. The third kappa shape index (κ3) is 3.89. The van der Waals surface area contributed by atoms with Gasteiger partial charge in [-0.3, -0.25) is 0 Å². The molecule has 1 aliphatic heterocycles. The number of fused-ring (bicyclic) bond motifs is 1.